The topological polar surface area (TPSA) is 20.2 Å². The van der Waals surface area contributed by atoms with Crippen molar-refractivity contribution in [2.45, 2.75) is 13.8 Å². The molecule has 0 aliphatic carbocycles. The number of hydrogen-bond acceptors (Lipinski definition) is 1. The average Bonchev–Trinajstić information content (AvgIpc) is 1.88. The number of hydrogen-bond donors (Lipinski definition) is 1. The fourth-order valence-electron chi connectivity index (χ4n) is 1.10. The summed E-state index contributed by atoms with van der Waals surface area (Å²) in [5.74, 6) is 0. The van der Waals surface area contributed by atoms with E-state index in [0.717, 1.165) is 5.46 Å². The van der Waals surface area contributed by atoms with Crippen LogP contribution in [0.15, 0.2) is 18.2 Å². The second-order valence-electron chi connectivity index (χ2n) is 2.53. The van der Waals surface area contributed by atoms with E-state index in [1.165, 1.54) is 11.1 Å². The maximum Gasteiger partial charge on any atom is 0.305 e. The lowest BCUT2D eigenvalue weighted by atomic mass is 9.81. The summed E-state index contributed by atoms with van der Waals surface area (Å²) < 4.78 is 0. The van der Waals surface area contributed by atoms with E-state index in [1.807, 2.05) is 32.0 Å². The molecule has 0 heterocycles. The van der Waals surface area contributed by atoms with Gasteiger partial charge < -0.3 is 5.02 Å². The van der Waals surface area contributed by atoms with E-state index in [9.17, 15) is 0 Å². The molecule has 0 atom stereocenters. The van der Waals surface area contributed by atoms with Crippen LogP contribution in [0.3, 0.4) is 0 Å². The molecule has 0 amide bonds. The molecule has 0 aliphatic heterocycles. The fraction of sp³-hybridized carbons (Fsp3) is 0.250. The first-order valence-corrected chi connectivity index (χ1v) is 3.41. The van der Waals surface area contributed by atoms with Crippen molar-refractivity contribution in [2.75, 3.05) is 0 Å². The van der Waals surface area contributed by atoms with Gasteiger partial charge in [-0.05, 0) is 19.3 Å². The van der Waals surface area contributed by atoms with Crippen LogP contribution in [0.2, 0.25) is 0 Å². The molecule has 0 aromatic heterocycles. The molecule has 0 aliphatic rings. The predicted molar refractivity (Wildman–Crippen MR) is 44.9 cm³/mol. The molecule has 2 heteroatoms. The van der Waals surface area contributed by atoms with Crippen molar-refractivity contribution < 1.29 is 5.02 Å². The summed E-state index contributed by atoms with van der Waals surface area (Å²) in [4.78, 5) is 0. The normalized spacial score (nSPS) is 9.50. The third kappa shape index (κ3) is 1.22. The van der Waals surface area contributed by atoms with Crippen LogP contribution >= 0.6 is 0 Å². The lowest BCUT2D eigenvalue weighted by Crippen LogP contribution is -2.19. The maximum absolute atomic E-state index is 8.90. The second-order valence-corrected chi connectivity index (χ2v) is 2.53. The van der Waals surface area contributed by atoms with Gasteiger partial charge >= 0.3 is 7.48 Å². The first kappa shape index (κ1) is 7.35. The fourth-order valence-corrected chi connectivity index (χ4v) is 1.10. The molecule has 0 unspecified atom stereocenters. The van der Waals surface area contributed by atoms with Crippen molar-refractivity contribution in [1.82, 2.24) is 0 Å². The van der Waals surface area contributed by atoms with Crippen molar-refractivity contribution in [3.8, 4) is 0 Å². The molecule has 0 spiro atoms. The van der Waals surface area contributed by atoms with Crippen molar-refractivity contribution in [3.63, 3.8) is 0 Å². The molecule has 0 saturated carbocycles. The van der Waals surface area contributed by atoms with Gasteiger partial charge in [0, 0.05) is 0 Å². The van der Waals surface area contributed by atoms with Gasteiger partial charge in [0.25, 0.3) is 0 Å². The first-order chi connectivity index (χ1) is 4.75. The molecular weight excluding hydrogens is 123 g/mol. The minimum atomic E-state index is 0.151. The minimum Gasteiger partial charge on any atom is -0.449 e. The van der Waals surface area contributed by atoms with E-state index in [0.29, 0.717) is 0 Å². The standard InChI is InChI=1S/C8H11BO/c1-6-4-3-5-7(2)8(6)9-10/h3-5,9-10H,1-2H3. The zero-order valence-corrected chi connectivity index (χ0v) is 6.39. The van der Waals surface area contributed by atoms with Gasteiger partial charge in [0.15, 0.2) is 0 Å². The molecule has 10 heavy (non-hydrogen) atoms. The Kier molecular flexibility index (Phi) is 2.12. The highest BCUT2D eigenvalue weighted by atomic mass is 16.2. The van der Waals surface area contributed by atoms with Gasteiger partial charge in [0.1, 0.15) is 0 Å². The van der Waals surface area contributed by atoms with Crippen LogP contribution in [0.5, 0.6) is 0 Å². The third-order valence-corrected chi connectivity index (χ3v) is 1.80. The van der Waals surface area contributed by atoms with E-state index in [-0.39, 0.29) is 7.48 Å². The zero-order chi connectivity index (χ0) is 7.56. The SMILES string of the molecule is Cc1cccc(C)c1BO. The summed E-state index contributed by atoms with van der Waals surface area (Å²) in [6, 6.07) is 6.03. The Morgan fingerprint density at radius 1 is 1.20 bits per heavy atom. The third-order valence-electron chi connectivity index (χ3n) is 1.80. The molecule has 1 aromatic rings. The lowest BCUT2D eigenvalue weighted by molar-refractivity contribution is 0.615. The molecule has 1 rings (SSSR count). The van der Waals surface area contributed by atoms with Gasteiger partial charge in [-0.15, -0.1) is 0 Å². The summed E-state index contributed by atoms with van der Waals surface area (Å²) in [6.07, 6.45) is 0. The van der Waals surface area contributed by atoms with E-state index in [4.69, 9.17) is 5.02 Å². The van der Waals surface area contributed by atoms with Gasteiger partial charge in [-0.2, -0.15) is 0 Å². The Morgan fingerprint density at radius 2 is 1.70 bits per heavy atom. The quantitative estimate of drug-likeness (QED) is 0.546. The Labute approximate surface area is 62.0 Å². The Hall–Kier alpha value is -0.755. The molecule has 1 nitrogen and oxygen atoms in total. The van der Waals surface area contributed by atoms with Crippen LogP contribution < -0.4 is 5.46 Å². The van der Waals surface area contributed by atoms with Gasteiger partial charge in [-0.25, -0.2) is 0 Å². The average molecular weight is 134 g/mol. The molecule has 0 fully saturated rings. The largest absolute Gasteiger partial charge is 0.449 e. The van der Waals surface area contributed by atoms with E-state index in [2.05, 4.69) is 0 Å². The Morgan fingerprint density at radius 3 is 2.00 bits per heavy atom. The first-order valence-electron chi connectivity index (χ1n) is 3.41. The molecule has 1 N–H and O–H groups in total. The van der Waals surface area contributed by atoms with Crippen LogP contribution in [-0.4, -0.2) is 12.5 Å². The highest BCUT2D eigenvalue weighted by Gasteiger charge is 1.99. The van der Waals surface area contributed by atoms with Crippen molar-refractivity contribution in [1.29, 1.82) is 0 Å². The summed E-state index contributed by atoms with van der Waals surface area (Å²) >= 11 is 0. The minimum absolute atomic E-state index is 0.151. The zero-order valence-electron chi connectivity index (χ0n) is 6.39. The van der Waals surface area contributed by atoms with Gasteiger partial charge in [0.05, 0.1) is 0 Å². The lowest BCUT2D eigenvalue weighted by Gasteiger charge is -2.03. The molecule has 0 saturated heterocycles. The second kappa shape index (κ2) is 2.89. The summed E-state index contributed by atoms with van der Waals surface area (Å²) in [5.41, 5.74) is 3.40. The Balaban J connectivity index is 3.17. The smallest absolute Gasteiger partial charge is 0.305 e. The van der Waals surface area contributed by atoms with Crippen LogP contribution in [0.4, 0.5) is 0 Å². The van der Waals surface area contributed by atoms with Gasteiger partial charge in [-0.1, -0.05) is 29.3 Å². The van der Waals surface area contributed by atoms with Gasteiger partial charge in [-0.3, -0.25) is 0 Å². The van der Waals surface area contributed by atoms with Crippen LogP contribution in [0.1, 0.15) is 11.1 Å². The Bertz CT molecular complexity index is 212. The number of benzene rings is 1. The van der Waals surface area contributed by atoms with E-state index in [1.54, 1.807) is 0 Å². The molecule has 0 bridgehead atoms. The highest BCUT2D eigenvalue weighted by Crippen LogP contribution is 1.97. The maximum atomic E-state index is 8.90. The number of rotatable bonds is 1. The monoisotopic (exact) mass is 134 g/mol. The van der Waals surface area contributed by atoms with Gasteiger partial charge in [0.2, 0.25) is 0 Å². The highest BCUT2D eigenvalue weighted by molar-refractivity contribution is 6.46. The molecule has 52 valence electrons. The van der Waals surface area contributed by atoms with Crippen molar-refractivity contribution in [2.24, 2.45) is 0 Å². The molecular formula is C8H11BO. The van der Waals surface area contributed by atoms with Crippen LogP contribution in [-0.2, 0) is 0 Å². The van der Waals surface area contributed by atoms with E-state index >= 15 is 0 Å². The molecule has 0 radical (unpaired) electrons. The molecule has 1 aromatic carbocycles. The van der Waals surface area contributed by atoms with Crippen LogP contribution in [0, 0.1) is 13.8 Å². The van der Waals surface area contributed by atoms with Crippen molar-refractivity contribution in [3.05, 3.63) is 29.3 Å². The summed E-state index contributed by atoms with van der Waals surface area (Å²) in [7, 11) is 0.151. The predicted octanol–water partition coefficient (Wildman–Crippen LogP) is 0.273. The van der Waals surface area contributed by atoms with Crippen LogP contribution in [0.25, 0.3) is 0 Å². The summed E-state index contributed by atoms with van der Waals surface area (Å²) in [5, 5.41) is 8.90. The summed E-state index contributed by atoms with van der Waals surface area (Å²) in [6.45, 7) is 4.02. The van der Waals surface area contributed by atoms with Crippen molar-refractivity contribution >= 4 is 12.9 Å². The van der Waals surface area contributed by atoms with E-state index < -0.39 is 0 Å². The number of aryl methyl sites for hydroxylation is 2.